The predicted molar refractivity (Wildman–Crippen MR) is 79.1 cm³/mol. The van der Waals surface area contributed by atoms with Gasteiger partial charge in [0, 0.05) is 12.7 Å². The van der Waals surface area contributed by atoms with Crippen LogP contribution in [0.1, 0.15) is 17.1 Å². The molecule has 6 nitrogen and oxygen atoms in total. The van der Waals surface area contributed by atoms with Crippen molar-refractivity contribution in [1.29, 1.82) is 0 Å². The highest BCUT2D eigenvalue weighted by Crippen LogP contribution is 2.19. The van der Waals surface area contributed by atoms with Gasteiger partial charge in [-0.2, -0.15) is 4.31 Å². The number of pyridine rings is 1. The molecule has 1 N–H and O–H groups in total. The molecule has 0 aromatic carbocycles. The number of hydrogen-bond donors (Lipinski definition) is 1. The van der Waals surface area contributed by atoms with Gasteiger partial charge in [0.1, 0.15) is 5.76 Å². The second-order valence-electron chi connectivity index (χ2n) is 4.78. The van der Waals surface area contributed by atoms with Crippen LogP contribution in [0.4, 0.5) is 0 Å². The van der Waals surface area contributed by atoms with Gasteiger partial charge in [0.25, 0.3) is 10.0 Å². The van der Waals surface area contributed by atoms with Crippen LogP contribution in [0.15, 0.2) is 39.8 Å². The lowest BCUT2D eigenvalue weighted by molar-refractivity contribution is 0.381. The van der Waals surface area contributed by atoms with Gasteiger partial charge in [-0.25, -0.2) is 8.42 Å². The number of hydrogen-bond acceptors (Lipinski definition) is 5. The fraction of sp³-hybridized carbons (Fsp3) is 0.357. The molecule has 0 spiro atoms. The summed E-state index contributed by atoms with van der Waals surface area (Å²) >= 11 is 0. The van der Waals surface area contributed by atoms with Crippen molar-refractivity contribution < 1.29 is 12.8 Å². The maximum atomic E-state index is 12.4. The van der Waals surface area contributed by atoms with Gasteiger partial charge in [0.15, 0.2) is 0 Å². The monoisotopic (exact) mass is 309 g/mol. The maximum absolute atomic E-state index is 12.4. The van der Waals surface area contributed by atoms with E-state index in [1.54, 1.807) is 19.2 Å². The minimum absolute atomic E-state index is 0.0529. The molecule has 2 rings (SSSR count). The molecule has 7 heteroatoms. The third-order valence-corrected chi connectivity index (χ3v) is 4.66. The van der Waals surface area contributed by atoms with Gasteiger partial charge in [0.05, 0.1) is 18.8 Å². The summed E-state index contributed by atoms with van der Waals surface area (Å²) in [6.07, 6.45) is 0. The van der Waals surface area contributed by atoms with Crippen molar-refractivity contribution in [2.75, 3.05) is 14.1 Å². The minimum atomic E-state index is -3.65. The van der Waals surface area contributed by atoms with E-state index in [1.807, 2.05) is 19.1 Å². The molecule has 0 radical (unpaired) electrons. The number of furan rings is 1. The highest BCUT2D eigenvalue weighted by Gasteiger charge is 2.25. The third-order valence-electron chi connectivity index (χ3n) is 2.98. The van der Waals surface area contributed by atoms with E-state index in [-0.39, 0.29) is 11.6 Å². The Morgan fingerprint density at radius 2 is 2.05 bits per heavy atom. The SMILES string of the molecule is CNCc1ccc(S(=O)(=O)N(C)Cc2cccc(C)n2)o1. The molecule has 0 saturated carbocycles. The highest BCUT2D eigenvalue weighted by molar-refractivity contribution is 7.88. The van der Waals surface area contributed by atoms with Crippen LogP contribution in [0.3, 0.4) is 0 Å². The van der Waals surface area contributed by atoms with E-state index in [2.05, 4.69) is 10.3 Å². The van der Waals surface area contributed by atoms with Crippen molar-refractivity contribution >= 4 is 10.0 Å². The Morgan fingerprint density at radius 1 is 1.29 bits per heavy atom. The predicted octanol–water partition coefficient (Wildman–Crippen LogP) is 1.52. The average molecular weight is 309 g/mol. The molecule has 21 heavy (non-hydrogen) atoms. The van der Waals surface area contributed by atoms with Crippen molar-refractivity contribution in [1.82, 2.24) is 14.6 Å². The van der Waals surface area contributed by atoms with E-state index in [0.29, 0.717) is 18.0 Å². The summed E-state index contributed by atoms with van der Waals surface area (Å²) in [7, 11) is -0.365. The normalized spacial score (nSPS) is 12.0. The van der Waals surface area contributed by atoms with E-state index in [0.717, 1.165) is 5.69 Å². The molecule has 2 heterocycles. The van der Waals surface area contributed by atoms with E-state index in [4.69, 9.17) is 4.42 Å². The Kier molecular flexibility index (Phi) is 4.76. The van der Waals surface area contributed by atoms with E-state index >= 15 is 0 Å². The molecule has 2 aromatic rings. The van der Waals surface area contributed by atoms with Crippen molar-refractivity contribution in [3.05, 3.63) is 47.5 Å². The molecule has 0 amide bonds. The van der Waals surface area contributed by atoms with E-state index in [1.165, 1.54) is 17.4 Å². The first kappa shape index (κ1) is 15.7. The number of aryl methyl sites for hydroxylation is 1. The first-order valence-corrected chi connectivity index (χ1v) is 7.99. The quantitative estimate of drug-likeness (QED) is 0.875. The highest BCUT2D eigenvalue weighted by atomic mass is 32.2. The topological polar surface area (TPSA) is 75.4 Å². The van der Waals surface area contributed by atoms with Gasteiger partial charge in [-0.05, 0) is 38.2 Å². The largest absolute Gasteiger partial charge is 0.447 e. The van der Waals surface area contributed by atoms with Crippen LogP contribution in [-0.4, -0.2) is 31.8 Å². The number of rotatable bonds is 6. The fourth-order valence-electron chi connectivity index (χ4n) is 1.92. The molecule has 2 aromatic heterocycles. The summed E-state index contributed by atoms with van der Waals surface area (Å²) in [5, 5.41) is 2.86. The van der Waals surface area contributed by atoms with Gasteiger partial charge in [-0.3, -0.25) is 4.98 Å². The Morgan fingerprint density at radius 3 is 2.71 bits per heavy atom. The van der Waals surface area contributed by atoms with Gasteiger partial charge in [-0.15, -0.1) is 0 Å². The lowest BCUT2D eigenvalue weighted by Gasteiger charge is -2.15. The smallest absolute Gasteiger partial charge is 0.276 e. The van der Waals surface area contributed by atoms with E-state index < -0.39 is 10.0 Å². The van der Waals surface area contributed by atoms with Crippen LogP contribution in [0.2, 0.25) is 0 Å². The molecule has 0 unspecified atom stereocenters. The third kappa shape index (κ3) is 3.69. The number of nitrogens with one attached hydrogen (secondary N) is 1. The van der Waals surface area contributed by atoms with Gasteiger partial charge < -0.3 is 9.73 Å². The molecule has 0 fully saturated rings. The molecule has 0 aliphatic carbocycles. The lowest BCUT2D eigenvalue weighted by Crippen LogP contribution is -2.26. The molecule has 0 atom stereocenters. The Hall–Kier alpha value is -1.70. The first-order chi connectivity index (χ1) is 9.93. The van der Waals surface area contributed by atoms with Crippen molar-refractivity contribution in [2.24, 2.45) is 0 Å². The van der Waals surface area contributed by atoms with Crippen molar-refractivity contribution in [3.63, 3.8) is 0 Å². The standard InChI is InChI=1S/C14H19N3O3S/c1-11-5-4-6-12(16-11)10-17(3)21(18,19)14-8-7-13(20-14)9-15-2/h4-8,15H,9-10H2,1-3H3. The lowest BCUT2D eigenvalue weighted by atomic mass is 10.3. The Balaban J connectivity index is 2.17. The number of nitrogens with zero attached hydrogens (tertiary/aromatic N) is 2. The average Bonchev–Trinajstić information content (AvgIpc) is 2.88. The summed E-state index contributed by atoms with van der Waals surface area (Å²) in [6, 6.07) is 8.66. The molecular formula is C14H19N3O3S. The van der Waals surface area contributed by atoms with Crippen LogP contribution < -0.4 is 5.32 Å². The Bertz CT molecular complexity index is 710. The summed E-state index contributed by atoms with van der Waals surface area (Å²) in [5.74, 6) is 0.582. The van der Waals surface area contributed by atoms with Crippen LogP contribution >= 0.6 is 0 Å². The van der Waals surface area contributed by atoms with E-state index in [9.17, 15) is 8.42 Å². The zero-order valence-electron chi connectivity index (χ0n) is 12.3. The molecule has 0 aliphatic heterocycles. The van der Waals surface area contributed by atoms with Crippen LogP contribution in [0.25, 0.3) is 0 Å². The van der Waals surface area contributed by atoms with Crippen molar-refractivity contribution in [3.8, 4) is 0 Å². The zero-order chi connectivity index (χ0) is 15.5. The van der Waals surface area contributed by atoms with Crippen LogP contribution in [0.5, 0.6) is 0 Å². The first-order valence-electron chi connectivity index (χ1n) is 6.55. The van der Waals surface area contributed by atoms with Gasteiger partial charge in [0.2, 0.25) is 5.09 Å². The summed E-state index contributed by atoms with van der Waals surface area (Å²) in [4.78, 5) is 4.31. The summed E-state index contributed by atoms with van der Waals surface area (Å²) < 4.78 is 31.4. The molecule has 0 bridgehead atoms. The van der Waals surface area contributed by atoms with Gasteiger partial charge >= 0.3 is 0 Å². The maximum Gasteiger partial charge on any atom is 0.276 e. The number of aromatic nitrogens is 1. The van der Waals surface area contributed by atoms with Crippen LogP contribution in [-0.2, 0) is 23.1 Å². The summed E-state index contributed by atoms with van der Waals surface area (Å²) in [6.45, 7) is 2.55. The van der Waals surface area contributed by atoms with Crippen molar-refractivity contribution in [2.45, 2.75) is 25.1 Å². The Labute approximate surface area is 124 Å². The molecular weight excluding hydrogens is 290 g/mol. The second-order valence-corrected chi connectivity index (χ2v) is 6.76. The zero-order valence-corrected chi connectivity index (χ0v) is 13.1. The fourth-order valence-corrected chi connectivity index (χ4v) is 2.98. The molecule has 114 valence electrons. The molecule has 0 saturated heterocycles. The van der Waals surface area contributed by atoms with Gasteiger partial charge in [-0.1, -0.05) is 6.07 Å². The van der Waals surface area contributed by atoms with Crippen LogP contribution in [0, 0.1) is 6.92 Å². The summed E-state index contributed by atoms with van der Waals surface area (Å²) in [5.41, 5.74) is 1.55. The second kappa shape index (κ2) is 6.38. The minimum Gasteiger partial charge on any atom is -0.447 e. The molecule has 0 aliphatic rings. The number of sulfonamides is 1.